The number of hydrogen-bond acceptors (Lipinski definition) is 2. The van der Waals surface area contributed by atoms with Gasteiger partial charge in [0.25, 0.3) is 0 Å². The summed E-state index contributed by atoms with van der Waals surface area (Å²) in [5.41, 5.74) is 3.68. The van der Waals surface area contributed by atoms with Crippen LogP contribution in [0.1, 0.15) is 35.6 Å². The molecule has 0 aliphatic carbocycles. The first-order valence-electron chi connectivity index (χ1n) is 8.33. The fourth-order valence-corrected chi connectivity index (χ4v) is 2.97. The Morgan fingerprint density at radius 1 is 0.960 bits per heavy atom. The molecule has 1 saturated heterocycles. The van der Waals surface area contributed by atoms with Crippen molar-refractivity contribution in [2.24, 2.45) is 0 Å². The molecule has 3 nitrogen and oxygen atoms in total. The zero-order chi connectivity index (χ0) is 16.8. The Labute approximate surface area is 190 Å². The zero-order valence-corrected chi connectivity index (χ0v) is 17.7. The van der Waals surface area contributed by atoms with Crippen LogP contribution >= 0.6 is 0 Å². The second kappa shape index (κ2) is 10.7. The monoisotopic (exact) mass is 365 g/mol. The Kier molecular flexibility index (Phi) is 8.92. The van der Waals surface area contributed by atoms with Crippen LogP contribution in [0.3, 0.4) is 0 Å². The van der Waals surface area contributed by atoms with Crippen molar-refractivity contribution in [2.45, 2.75) is 25.3 Å². The van der Waals surface area contributed by atoms with Gasteiger partial charge in [0.05, 0.1) is 13.2 Å². The van der Waals surface area contributed by atoms with Gasteiger partial charge in [-0.05, 0) is 24.1 Å². The Bertz CT molecular complexity index is 682. The number of carbonyl (C=O) groups is 1. The molecule has 1 fully saturated rings. The molecule has 0 unspecified atom stereocenters. The Balaban J connectivity index is 0.000000240. The van der Waals surface area contributed by atoms with Crippen molar-refractivity contribution in [1.82, 2.24) is 0 Å². The number of ether oxygens (including phenoxy) is 1. The summed E-state index contributed by atoms with van der Waals surface area (Å²) in [5.74, 6) is 0.143. The first kappa shape index (κ1) is 20.9. The summed E-state index contributed by atoms with van der Waals surface area (Å²) in [6.07, 6.45) is 2.26. The smallest absolute Gasteiger partial charge is 0.652 e. The van der Waals surface area contributed by atoms with Gasteiger partial charge in [0, 0.05) is 12.8 Å². The maximum Gasteiger partial charge on any atom is 1.00 e. The first-order valence-corrected chi connectivity index (χ1v) is 8.33. The number of nitrogens with zero attached hydrogens (tertiary/aromatic N) is 1. The second-order valence-corrected chi connectivity index (χ2v) is 5.96. The van der Waals surface area contributed by atoms with Crippen molar-refractivity contribution in [1.29, 1.82) is 0 Å². The summed E-state index contributed by atoms with van der Waals surface area (Å²) in [5, 5.41) is 4.65. The molecule has 0 radical (unpaired) electrons. The van der Waals surface area contributed by atoms with Gasteiger partial charge in [0.2, 0.25) is 0 Å². The van der Waals surface area contributed by atoms with Crippen molar-refractivity contribution in [3.05, 3.63) is 76.4 Å². The van der Waals surface area contributed by atoms with E-state index >= 15 is 0 Å². The van der Waals surface area contributed by atoms with Crippen molar-refractivity contribution < 1.29 is 65.3 Å². The van der Waals surface area contributed by atoms with Gasteiger partial charge < -0.3 is 10.1 Å². The van der Waals surface area contributed by atoms with Gasteiger partial charge in [-0.1, -0.05) is 53.6 Å². The molecule has 4 rings (SSSR count). The number of carbonyl (C=O) groups excluding carboxylic acids is 1. The Morgan fingerprint density at radius 3 is 2.28 bits per heavy atom. The number of hydrogen-bond donors (Lipinski definition) is 0. The Hall–Kier alpha value is -0.404. The summed E-state index contributed by atoms with van der Waals surface area (Å²) >= 11 is 0. The van der Waals surface area contributed by atoms with Gasteiger partial charge in [0.1, 0.15) is 11.6 Å². The predicted octanol–water partition coefficient (Wildman–Crippen LogP) is 1.21. The summed E-state index contributed by atoms with van der Waals surface area (Å²) < 4.78 is 17.8. The molecule has 2 aliphatic rings. The van der Waals surface area contributed by atoms with Crippen LogP contribution in [0.4, 0.5) is 4.39 Å². The third-order valence-corrected chi connectivity index (χ3v) is 4.28. The number of halogens is 1. The summed E-state index contributed by atoms with van der Waals surface area (Å²) in [6.45, 7) is 2.12. The largest absolute Gasteiger partial charge is 1.00 e. The van der Waals surface area contributed by atoms with Crippen LogP contribution in [0.15, 0.2) is 48.5 Å². The summed E-state index contributed by atoms with van der Waals surface area (Å²) in [6, 6.07) is 15.1. The van der Waals surface area contributed by atoms with Crippen LogP contribution in [-0.4, -0.2) is 25.5 Å². The number of benzene rings is 2. The molecule has 1 atom stereocenters. The second-order valence-electron chi connectivity index (χ2n) is 5.96. The maximum absolute atomic E-state index is 12.9. The van der Waals surface area contributed by atoms with Crippen molar-refractivity contribution >= 4 is 5.78 Å². The van der Waals surface area contributed by atoms with E-state index in [2.05, 4.69) is 23.5 Å². The average Bonchev–Trinajstić information content (AvgIpc) is 2.63. The molecular weight excluding hydrogens is 344 g/mol. The van der Waals surface area contributed by atoms with E-state index < -0.39 is 0 Å². The summed E-state index contributed by atoms with van der Waals surface area (Å²) in [4.78, 5) is 10.4. The fraction of sp³-hybridized carbons (Fsp3) is 0.350. The molecule has 0 spiro atoms. The maximum atomic E-state index is 12.9. The standard InChI is InChI=1S/C15H13FN.C5H8O2.K/c16-13-7-5-12(6-8-13)15-14-4-2-1-3-11(14)9-10-17-15;6-5-1-3-7-4-2-5;/h1-8,15H,9-10H2;1-4H2;/q-1;;+1/t15-;;/m0../s1. The fourth-order valence-electron chi connectivity index (χ4n) is 2.97. The van der Waals surface area contributed by atoms with E-state index in [1.54, 1.807) is 0 Å². The molecule has 25 heavy (non-hydrogen) atoms. The quantitative estimate of drug-likeness (QED) is 0.713. The van der Waals surface area contributed by atoms with Crippen molar-refractivity contribution in [3.8, 4) is 0 Å². The van der Waals surface area contributed by atoms with Crippen LogP contribution < -0.4 is 51.4 Å². The SMILES string of the molecule is Fc1ccc([C@@H]2[N-]CCc3ccccc32)cc1.O=C1CCOCC1.[K+]. The molecule has 2 heterocycles. The van der Waals surface area contributed by atoms with E-state index in [-0.39, 0.29) is 63.2 Å². The van der Waals surface area contributed by atoms with Gasteiger partial charge in [-0.2, -0.15) is 0 Å². The molecule has 2 aromatic rings. The van der Waals surface area contributed by atoms with E-state index in [0.29, 0.717) is 31.8 Å². The molecular formula is C20H21FKNO2. The van der Waals surface area contributed by atoms with Gasteiger partial charge in [-0.15, -0.1) is 6.54 Å². The van der Waals surface area contributed by atoms with E-state index in [4.69, 9.17) is 4.74 Å². The van der Waals surface area contributed by atoms with Gasteiger partial charge in [-0.3, -0.25) is 4.79 Å². The first-order chi connectivity index (χ1) is 11.7. The average molecular weight is 365 g/mol. The van der Waals surface area contributed by atoms with Crippen molar-refractivity contribution in [3.63, 3.8) is 0 Å². The molecule has 0 N–H and O–H groups in total. The minimum absolute atomic E-state index is 0. The molecule has 0 saturated carbocycles. The molecule has 2 aliphatic heterocycles. The number of rotatable bonds is 1. The molecule has 0 amide bonds. The zero-order valence-electron chi connectivity index (χ0n) is 14.6. The summed E-state index contributed by atoms with van der Waals surface area (Å²) in [7, 11) is 0. The number of ketones is 1. The van der Waals surface area contributed by atoms with E-state index in [1.807, 2.05) is 18.2 Å². The third-order valence-electron chi connectivity index (χ3n) is 4.28. The van der Waals surface area contributed by atoms with Crippen molar-refractivity contribution in [2.75, 3.05) is 19.8 Å². The van der Waals surface area contributed by atoms with E-state index in [0.717, 1.165) is 18.5 Å². The van der Waals surface area contributed by atoms with Crippen LogP contribution in [0.25, 0.3) is 5.32 Å². The third kappa shape index (κ3) is 6.07. The Morgan fingerprint density at radius 2 is 1.64 bits per heavy atom. The normalized spacial score (nSPS) is 19.1. The minimum atomic E-state index is -0.196. The van der Waals surface area contributed by atoms with Crippen LogP contribution in [0.5, 0.6) is 0 Å². The van der Waals surface area contributed by atoms with Crippen LogP contribution in [-0.2, 0) is 16.0 Å². The van der Waals surface area contributed by atoms with E-state index in [9.17, 15) is 9.18 Å². The molecule has 0 aromatic heterocycles. The van der Waals surface area contributed by atoms with Gasteiger partial charge in [0.15, 0.2) is 0 Å². The van der Waals surface area contributed by atoms with Gasteiger partial charge in [-0.25, -0.2) is 4.39 Å². The van der Waals surface area contributed by atoms with Crippen LogP contribution in [0, 0.1) is 5.82 Å². The molecule has 5 heteroatoms. The predicted molar refractivity (Wildman–Crippen MR) is 91.7 cm³/mol. The van der Waals surface area contributed by atoms with Gasteiger partial charge >= 0.3 is 51.4 Å². The van der Waals surface area contributed by atoms with Crippen LogP contribution in [0.2, 0.25) is 0 Å². The minimum Gasteiger partial charge on any atom is -0.652 e. The molecule has 0 bridgehead atoms. The topological polar surface area (TPSA) is 40.4 Å². The molecule has 126 valence electrons. The number of fused-ring (bicyclic) bond motifs is 1. The van der Waals surface area contributed by atoms with E-state index in [1.165, 1.54) is 23.3 Å². The number of Topliss-reactive ketones (excluding diaryl/α,β-unsaturated/α-hetero) is 1. The molecule has 2 aromatic carbocycles.